The number of benzene rings is 2. The molecule has 0 radical (unpaired) electrons. The summed E-state index contributed by atoms with van der Waals surface area (Å²) in [5.74, 6) is -11.0. The zero-order chi connectivity index (χ0) is 31.8. The molecule has 2 aliphatic rings. The molecule has 2 aromatic carbocycles. The highest BCUT2D eigenvalue weighted by atomic mass is 79.9. The van der Waals surface area contributed by atoms with Gasteiger partial charge in [0.25, 0.3) is 11.8 Å². The van der Waals surface area contributed by atoms with Gasteiger partial charge in [0.15, 0.2) is 0 Å². The van der Waals surface area contributed by atoms with Crippen molar-refractivity contribution < 1.29 is 26.3 Å². The Morgan fingerprint density at radius 1 is 0.698 bits per heavy atom. The first-order valence-electron chi connectivity index (χ1n) is 12.8. The predicted molar refractivity (Wildman–Crippen MR) is 173 cm³/mol. The Kier molecular flexibility index (Phi) is 10.3. The second-order valence-electron chi connectivity index (χ2n) is 10.2. The van der Waals surface area contributed by atoms with Crippen LogP contribution < -0.4 is 0 Å². The van der Waals surface area contributed by atoms with Crippen molar-refractivity contribution in [2.24, 2.45) is 11.8 Å². The van der Waals surface area contributed by atoms with Crippen LogP contribution in [0.2, 0.25) is 10.0 Å². The lowest BCUT2D eigenvalue weighted by molar-refractivity contribution is 0.0288. The predicted octanol–water partition coefficient (Wildman–Crippen LogP) is 12.8. The minimum absolute atomic E-state index is 0.140. The van der Waals surface area contributed by atoms with E-state index in [1.54, 1.807) is 48.5 Å². The van der Waals surface area contributed by atoms with Crippen molar-refractivity contribution in [1.29, 1.82) is 0 Å². The number of allylic oxidation sites excluding steroid dienone is 8. The van der Waals surface area contributed by atoms with Gasteiger partial charge in [-0.15, -0.1) is 11.8 Å². The third-order valence-corrected chi connectivity index (χ3v) is 11.9. The molecule has 0 N–H and O–H groups in total. The molecule has 0 aliphatic heterocycles. The van der Waals surface area contributed by atoms with Gasteiger partial charge in [0.05, 0.1) is 9.49 Å². The van der Waals surface area contributed by atoms with Crippen LogP contribution in [0.25, 0.3) is 0 Å². The Hall–Kier alpha value is -1.65. The summed E-state index contributed by atoms with van der Waals surface area (Å²) in [7, 11) is 0. The topological polar surface area (TPSA) is 0 Å². The van der Waals surface area contributed by atoms with E-state index in [0.717, 1.165) is 23.9 Å². The van der Waals surface area contributed by atoms with E-state index in [2.05, 4.69) is 45.0 Å². The van der Waals surface area contributed by atoms with E-state index >= 15 is 26.3 Å². The molecule has 0 saturated carbocycles. The highest BCUT2D eigenvalue weighted by Crippen LogP contribution is 2.65. The highest BCUT2D eigenvalue weighted by Gasteiger charge is 2.56. The van der Waals surface area contributed by atoms with Crippen LogP contribution in [0.5, 0.6) is 0 Å². The Labute approximate surface area is 277 Å². The van der Waals surface area contributed by atoms with Gasteiger partial charge in [0.1, 0.15) is 11.7 Å². The zero-order valence-electron chi connectivity index (χ0n) is 22.3. The maximum absolute atomic E-state index is 15.2. The van der Waals surface area contributed by atoms with E-state index in [1.807, 2.05) is 0 Å². The standard InChI is InChI=1S/C32H24Br2Cl2F6S/c1-3-29(39,40)17-23-27(33)25(37)13-15-31(23,19-5-9-21(35)10-6-19)43-32(20-7-11-22(36)12-8-20)16-14-26(38)28(34)24(32)18-30(41,42)4-2/h3-16,23-24H,1-2,17-18H2. The minimum Gasteiger partial charge on any atom is -0.206 e. The van der Waals surface area contributed by atoms with Gasteiger partial charge in [-0.05, 0) is 59.7 Å². The molecule has 0 spiro atoms. The lowest BCUT2D eigenvalue weighted by atomic mass is 9.77. The van der Waals surface area contributed by atoms with E-state index in [9.17, 15) is 0 Å². The molecule has 4 rings (SSSR count). The molecular formula is C32H24Br2Cl2F6S. The Morgan fingerprint density at radius 3 is 1.33 bits per heavy atom. The molecule has 0 nitrogen and oxygen atoms in total. The largest absolute Gasteiger partial charge is 0.266 e. The molecule has 2 aliphatic carbocycles. The molecule has 0 amide bonds. The fourth-order valence-corrected chi connectivity index (χ4v) is 9.20. The molecule has 0 heterocycles. The van der Waals surface area contributed by atoms with E-state index in [4.69, 9.17) is 23.2 Å². The van der Waals surface area contributed by atoms with Crippen LogP contribution >= 0.6 is 66.8 Å². The molecular weight excluding hydrogens is 761 g/mol. The second-order valence-corrected chi connectivity index (χ2v) is 14.3. The summed E-state index contributed by atoms with van der Waals surface area (Å²) in [6.45, 7) is 6.50. The van der Waals surface area contributed by atoms with Gasteiger partial charge >= 0.3 is 0 Å². The van der Waals surface area contributed by atoms with Gasteiger partial charge in [0.2, 0.25) is 0 Å². The van der Waals surface area contributed by atoms with Crippen LogP contribution in [0.15, 0.2) is 119 Å². The third-order valence-electron chi connectivity index (χ3n) is 7.54. The van der Waals surface area contributed by atoms with Crippen molar-refractivity contribution in [2.45, 2.75) is 34.2 Å². The maximum Gasteiger partial charge on any atom is 0.266 e. The number of thioether (sulfide) groups is 1. The van der Waals surface area contributed by atoms with Crippen LogP contribution in [0.1, 0.15) is 24.0 Å². The molecule has 0 saturated heterocycles. The smallest absolute Gasteiger partial charge is 0.206 e. The van der Waals surface area contributed by atoms with Crippen LogP contribution in [0.3, 0.4) is 0 Å². The fourth-order valence-electron chi connectivity index (χ4n) is 5.31. The summed E-state index contributed by atoms with van der Waals surface area (Å²) in [6, 6.07) is 12.7. The molecule has 43 heavy (non-hydrogen) atoms. The first-order chi connectivity index (χ1) is 20.1. The fraction of sp³-hybridized carbons (Fsp3) is 0.250. The van der Waals surface area contributed by atoms with E-state index in [-0.39, 0.29) is 8.96 Å². The monoisotopic (exact) mass is 782 g/mol. The highest BCUT2D eigenvalue weighted by molar-refractivity contribution is 9.12. The number of rotatable bonds is 10. The second kappa shape index (κ2) is 13.0. The summed E-state index contributed by atoms with van der Waals surface area (Å²) < 4.78 is 87.5. The van der Waals surface area contributed by atoms with Crippen LogP contribution in [-0.4, -0.2) is 11.8 Å². The lowest BCUT2D eigenvalue weighted by Crippen LogP contribution is -2.44. The summed E-state index contributed by atoms with van der Waals surface area (Å²) in [5, 5.41) is 0.720. The van der Waals surface area contributed by atoms with Crippen LogP contribution in [0, 0.1) is 11.8 Å². The average molecular weight is 785 g/mol. The van der Waals surface area contributed by atoms with Crippen molar-refractivity contribution in [3.8, 4) is 0 Å². The van der Waals surface area contributed by atoms with Gasteiger partial charge in [0, 0.05) is 43.7 Å². The molecule has 0 bridgehead atoms. The summed E-state index contributed by atoms with van der Waals surface area (Å²) in [5.41, 5.74) is 0.879. The lowest BCUT2D eigenvalue weighted by Gasteiger charge is -2.50. The molecule has 11 heteroatoms. The Morgan fingerprint density at radius 2 is 1.02 bits per heavy atom. The summed E-state index contributed by atoms with van der Waals surface area (Å²) in [6.07, 6.45) is 4.39. The Bertz CT molecular complexity index is 1400. The van der Waals surface area contributed by atoms with Gasteiger partial charge < -0.3 is 0 Å². The molecule has 4 atom stereocenters. The van der Waals surface area contributed by atoms with Gasteiger partial charge in [-0.25, -0.2) is 26.3 Å². The first-order valence-corrected chi connectivity index (χ1v) is 16.0. The molecule has 0 fully saturated rings. The first kappa shape index (κ1) is 34.2. The van der Waals surface area contributed by atoms with Crippen molar-refractivity contribution in [3.05, 3.63) is 140 Å². The minimum atomic E-state index is -3.44. The summed E-state index contributed by atoms with van der Waals surface area (Å²) in [4.78, 5) is 0. The Balaban J connectivity index is 2.08. The average Bonchev–Trinajstić information content (AvgIpc) is 2.97. The summed E-state index contributed by atoms with van der Waals surface area (Å²) >= 11 is 19.9. The van der Waals surface area contributed by atoms with E-state index in [0.29, 0.717) is 33.3 Å². The maximum atomic E-state index is 15.2. The van der Waals surface area contributed by atoms with Crippen LogP contribution in [-0.2, 0) is 9.49 Å². The number of hydrogen-bond donors (Lipinski definition) is 0. The van der Waals surface area contributed by atoms with E-state index < -0.39 is 57.7 Å². The van der Waals surface area contributed by atoms with Crippen LogP contribution in [0.4, 0.5) is 26.3 Å². The SMILES string of the molecule is C=CC(F)(F)CC1C(Br)=C(F)C=CC1(SC1(c2ccc(Cl)cc2)C=CC(F)=C(Br)C1CC(F)(F)C=C)c1ccc(Cl)cc1. The van der Waals surface area contributed by atoms with Gasteiger partial charge in [-0.2, -0.15) is 0 Å². The quantitative estimate of drug-likeness (QED) is 0.171. The third kappa shape index (κ3) is 6.96. The molecule has 0 aromatic heterocycles. The molecule has 228 valence electrons. The van der Waals surface area contributed by atoms with Crippen molar-refractivity contribution in [3.63, 3.8) is 0 Å². The number of alkyl halides is 4. The molecule has 2 aromatic rings. The van der Waals surface area contributed by atoms with Gasteiger partial charge in [-0.3, -0.25) is 0 Å². The zero-order valence-corrected chi connectivity index (χ0v) is 27.8. The van der Waals surface area contributed by atoms with Gasteiger partial charge in [-0.1, -0.05) is 105 Å². The number of hydrogen-bond acceptors (Lipinski definition) is 1. The van der Waals surface area contributed by atoms with Crippen molar-refractivity contribution >= 4 is 66.8 Å². The van der Waals surface area contributed by atoms with E-state index in [1.165, 1.54) is 12.2 Å². The van der Waals surface area contributed by atoms with Crippen molar-refractivity contribution in [1.82, 2.24) is 0 Å². The number of halogens is 10. The normalized spacial score (nSPS) is 26.2. The molecule has 4 unspecified atom stereocenters. The van der Waals surface area contributed by atoms with Crippen molar-refractivity contribution in [2.75, 3.05) is 0 Å².